The van der Waals surface area contributed by atoms with E-state index in [9.17, 15) is 4.39 Å². The van der Waals surface area contributed by atoms with Gasteiger partial charge in [-0.05, 0) is 35.2 Å². The molecule has 2 N–H and O–H groups in total. The summed E-state index contributed by atoms with van der Waals surface area (Å²) in [4.78, 5) is 6.34. The molecule has 0 radical (unpaired) electrons. The predicted octanol–water partition coefficient (Wildman–Crippen LogP) is 3.09. The van der Waals surface area contributed by atoms with Gasteiger partial charge in [-0.3, -0.25) is 4.99 Å². The number of aryl methyl sites for hydroxylation is 1. The summed E-state index contributed by atoms with van der Waals surface area (Å²) in [6.45, 7) is 3.10. The summed E-state index contributed by atoms with van der Waals surface area (Å²) in [5.41, 5.74) is 3.74. The van der Waals surface area contributed by atoms with E-state index in [0.29, 0.717) is 12.1 Å². The number of hydrogen-bond donors (Lipinski definition) is 2. The van der Waals surface area contributed by atoms with Gasteiger partial charge < -0.3 is 15.3 Å². The lowest BCUT2D eigenvalue weighted by Crippen LogP contribution is -2.38. The van der Waals surface area contributed by atoms with Crippen molar-refractivity contribution >= 4 is 5.96 Å². The number of hydrogen-bond acceptors (Lipinski definition) is 2. The van der Waals surface area contributed by atoms with Crippen molar-refractivity contribution in [3.63, 3.8) is 0 Å². The van der Waals surface area contributed by atoms with Crippen molar-refractivity contribution < 1.29 is 9.50 Å². The quantitative estimate of drug-likeness (QED) is 0.626. The van der Waals surface area contributed by atoms with Crippen molar-refractivity contribution in [3.05, 3.63) is 70.5 Å². The van der Waals surface area contributed by atoms with Gasteiger partial charge in [0.15, 0.2) is 5.96 Å². The summed E-state index contributed by atoms with van der Waals surface area (Å²) in [7, 11) is 3.72. The van der Waals surface area contributed by atoms with Crippen LogP contribution in [-0.4, -0.2) is 30.1 Å². The Morgan fingerprint density at radius 2 is 1.76 bits per heavy atom. The first kappa shape index (κ1) is 18.9. The first-order valence-corrected chi connectivity index (χ1v) is 8.45. The maximum absolute atomic E-state index is 13.4. The molecular formula is C20H26FN3O. The van der Waals surface area contributed by atoms with Crippen LogP contribution in [0, 0.1) is 5.82 Å². The van der Waals surface area contributed by atoms with Gasteiger partial charge in [0.1, 0.15) is 5.82 Å². The molecule has 0 saturated heterocycles. The number of halogens is 1. The van der Waals surface area contributed by atoms with E-state index in [2.05, 4.69) is 41.5 Å². The van der Waals surface area contributed by atoms with Crippen LogP contribution in [0.15, 0.2) is 47.5 Å². The summed E-state index contributed by atoms with van der Waals surface area (Å²) in [6, 6.07) is 13.3. The van der Waals surface area contributed by atoms with Gasteiger partial charge in [0.2, 0.25) is 0 Å². The third-order valence-electron chi connectivity index (χ3n) is 4.16. The second kappa shape index (κ2) is 9.18. The first-order valence-electron chi connectivity index (χ1n) is 8.45. The smallest absolute Gasteiger partial charge is 0.193 e. The molecule has 0 amide bonds. The third-order valence-corrected chi connectivity index (χ3v) is 4.16. The zero-order valence-electron chi connectivity index (χ0n) is 15.1. The third kappa shape index (κ3) is 5.29. The molecule has 2 aromatic rings. The Hall–Kier alpha value is -2.40. The summed E-state index contributed by atoms with van der Waals surface area (Å²) >= 11 is 0. The van der Waals surface area contributed by atoms with Gasteiger partial charge in [0, 0.05) is 32.7 Å². The summed E-state index contributed by atoms with van der Waals surface area (Å²) in [5, 5.41) is 12.4. The van der Waals surface area contributed by atoms with E-state index in [1.165, 1.54) is 17.2 Å². The number of nitrogens with one attached hydrogen (secondary N) is 1. The molecule has 2 aromatic carbocycles. The molecular weight excluding hydrogens is 317 g/mol. The number of aliphatic imine (C=N–C) groups is 1. The molecule has 0 spiro atoms. The standard InChI is InChI=1S/C20H26FN3O/c1-4-15-5-7-16(8-6-15)13-24(3)20(22-2)23-12-17-9-10-19(21)18(11-17)14-25/h5-11,25H,4,12-14H2,1-3H3,(H,22,23). The fraction of sp³-hybridized carbons (Fsp3) is 0.350. The first-order chi connectivity index (χ1) is 12.1. The summed E-state index contributed by atoms with van der Waals surface area (Å²) in [5.74, 6) is 0.373. The molecule has 5 heteroatoms. The molecule has 0 aliphatic carbocycles. The number of aliphatic hydroxyl groups is 1. The van der Waals surface area contributed by atoms with E-state index in [0.717, 1.165) is 24.5 Å². The molecule has 0 bridgehead atoms. The van der Waals surface area contributed by atoms with Crippen molar-refractivity contribution in [3.8, 4) is 0 Å². The lowest BCUT2D eigenvalue weighted by molar-refractivity contribution is 0.275. The average Bonchev–Trinajstić information content (AvgIpc) is 2.64. The second-order valence-corrected chi connectivity index (χ2v) is 6.01. The van der Waals surface area contributed by atoms with Crippen LogP contribution < -0.4 is 5.32 Å². The molecule has 0 atom stereocenters. The monoisotopic (exact) mass is 343 g/mol. The highest BCUT2D eigenvalue weighted by atomic mass is 19.1. The maximum atomic E-state index is 13.4. The molecule has 2 rings (SSSR count). The highest BCUT2D eigenvalue weighted by Gasteiger charge is 2.08. The normalized spacial score (nSPS) is 11.5. The fourth-order valence-electron chi connectivity index (χ4n) is 2.65. The van der Waals surface area contributed by atoms with E-state index in [4.69, 9.17) is 5.11 Å². The summed E-state index contributed by atoms with van der Waals surface area (Å²) < 4.78 is 13.4. The predicted molar refractivity (Wildman–Crippen MR) is 99.8 cm³/mol. The molecule has 134 valence electrons. The number of nitrogens with zero attached hydrogens (tertiary/aromatic N) is 2. The molecule has 0 aromatic heterocycles. The number of aliphatic hydroxyl groups excluding tert-OH is 1. The minimum atomic E-state index is -0.386. The van der Waals surface area contributed by atoms with Crippen molar-refractivity contribution in [2.75, 3.05) is 14.1 Å². The Morgan fingerprint density at radius 3 is 2.36 bits per heavy atom. The van der Waals surface area contributed by atoms with Gasteiger partial charge in [0.25, 0.3) is 0 Å². The van der Waals surface area contributed by atoms with Crippen molar-refractivity contribution in [2.24, 2.45) is 4.99 Å². The van der Waals surface area contributed by atoms with Crippen molar-refractivity contribution in [2.45, 2.75) is 33.0 Å². The highest BCUT2D eigenvalue weighted by molar-refractivity contribution is 5.79. The van der Waals surface area contributed by atoms with Gasteiger partial charge in [0.05, 0.1) is 6.61 Å². The lowest BCUT2D eigenvalue weighted by Gasteiger charge is -2.22. The van der Waals surface area contributed by atoms with E-state index in [1.54, 1.807) is 19.2 Å². The largest absolute Gasteiger partial charge is 0.392 e. The minimum Gasteiger partial charge on any atom is -0.392 e. The van der Waals surface area contributed by atoms with Gasteiger partial charge in [-0.2, -0.15) is 0 Å². The summed E-state index contributed by atoms with van der Waals surface area (Å²) in [6.07, 6.45) is 1.03. The molecule has 0 aliphatic rings. The molecule has 0 unspecified atom stereocenters. The van der Waals surface area contributed by atoms with E-state index in [-0.39, 0.29) is 12.4 Å². The molecule has 0 aliphatic heterocycles. The SMILES string of the molecule is CCc1ccc(CN(C)C(=NC)NCc2ccc(F)c(CO)c2)cc1. The second-order valence-electron chi connectivity index (χ2n) is 6.01. The Morgan fingerprint density at radius 1 is 1.12 bits per heavy atom. The molecule has 0 saturated carbocycles. The zero-order valence-corrected chi connectivity index (χ0v) is 15.1. The Labute approximate surface area is 149 Å². The average molecular weight is 343 g/mol. The topological polar surface area (TPSA) is 47.9 Å². The van der Waals surface area contributed by atoms with Gasteiger partial charge in [-0.25, -0.2) is 4.39 Å². The number of benzene rings is 2. The lowest BCUT2D eigenvalue weighted by atomic mass is 10.1. The van der Waals surface area contributed by atoms with Gasteiger partial charge in [-0.15, -0.1) is 0 Å². The Balaban J connectivity index is 1.96. The van der Waals surface area contributed by atoms with Crippen LogP contribution >= 0.6 is 0 Å². The van der Waals surface area contributed by atoms with E-state index in [1.807, 2.05) is 11.9 Å². The van der Waals surface area contributed by atoms with Crippen LogP contribution in [0.3, 0.4) is 0 Å². The van der Waals surface area contributed by atoms with E-state index >= 15 is 0 Å². The molecule has 0 heterocycles. The van der Waals surface area contributed by atoms with Gasteiger partial charge in [-0.1, -0.05) is 37.3 Å². The van der Waals surface area contributed by atoms with Crippen LogP contribution in [0.2, 0.25) is 0 Å². The van der Waals surface area contributed by atoms with Crippen LogP contribution in [0.4, 0.5) is 4.39 Å². The van der Waals surface area contributed by atoms with Crippen molar-refractivity contribution in [1.82, 2.24) is 10.2 Å². The number of guanidine groups is 1. The fourth-order valence-corrected chi connectivity index (χ4v) is 2.65. The zero-order chi connectivity index (χ0) is 18.2. The van der Waals surface area contributed by atoms with Crippen LogP contribution in [-0.2, 0) is 26.1 Å². The van der Waals surface area contributed by atoms with Crippen LogP contribution in [0.1, 0.15) is 29.2 Å². The highest BCUT2D eigenvalue weighted by Crippen LogP contribution is 2.11. The van der Waals surface area contributed by atoms with Crippen LogP contribution in [0.25, 0.3) is 0 Å². The van der Waals surface area contributed by atoms with E-state index < -0.39 is 0 Å². The molecule has 25 heavy (non-hydrogen) atoms. The molecule has 0 fully saturated rings. The minimum absolute atomic E-state index is 0.304. The van der Waals surface area contributed by atoms with Crippen LogP contribution in [0.5, 0.6) is 0 Å². The maximum Gasteiger partial charge on any atom is 0.193 e. The Bertz CT molecular complexity index is 713. The molecule has 4 nitrogen and oxygen atoms in total. The van der Waals surface area contributed by atoms with Gasteiger partial charge >= 0.3 is 0 Å². The number of rotatable bonds is 6. The van der Waals surface area contributed by atoms with Crippen molar-refractivity contribution in [1.29, 1.82) is 0 Å². The Kier molecular flexibility index (Phi) is 6.95.